The van der Waals surface area contributed by atoms with Crippen molar-refractivity contribution in [1.29, 1.82) is 0 Å². The van der Waals surface area contributed by atoms with Crippen molar-refractivity contribution in [2.45, 2.75) is 39.4 Å². The zero-order valence-corrected chi connectivity index (χ0v) is 21.5. The highest BCUT2D eigenvalue weighted by Gasteiger charge is 2.23. The molecule has 0 aliphatic heterocycles. The Morgan fingerprint density at radius 3 is 2.03 bits per heavy atom. The fourth-order valence-corrected chi connectivity index (χ4v) is 4.43. The lowest BCUT2D eigenvalue weighted by atomic mass is 9.94. The standard InChI is InChI=1S/C31H34O5/c1-5-34-31(32)29(33-4)20-23-8-14-26(15-9-23)35-16-17-36-30-27-18-21(2)6-10-24(27)12-13-25-11-7-22(3)19-28(25)30/h6-15,18-19,29-30H,5,16-17,20H2,1-4H3. The van der Waals surface area contributed by atoms with Crippen LogP contribution in [-0.2, 0) is 25.4 Å². The summed E-state index contributed by atoms with van der Waals surface area (Å²) in [6.45, 7) is 7.21. The summed E-state index contributed by atoms with van der Waals surface area (Å²) in [6, 6.07) is 20.7. The van der Waals surface area contributed by atoms with E-state index in [1.807, 2.05) is 24.3 Å². The van der Waals surface area contributed by atoms with E-state index in [1.54, 1.807) is 6.92 Å². The maximum atomic E-state index is 12.0. The first-order valence-electron chi connectivity index (χ1n) is 12.4. The van der Waals surface area contributed by atoms with E-state index in [9.17, 15) is 4.79 Å². The molecule has 4 rings (SSSR count). The topological polar surface area (TPSA) is 54.0 Å². The van der Waals surface area contributed by atoms with Gasteiger partial charge in [-0.1, -0.05) is 71.8 Å². The van der Waals surface area contributed by atoms with Crippen LogP contribution < -0.4 is 4.74 Å². The average molecular weight is 487 g/mol. The molecule has 3 aromatic rings. The van der Waals surface area contributed by atoms with Gasteiger partial charge in [0.2, 0.25) is 0 Å². The lowest BCUT2D eigenvalue weighted by Crippen LogP contribution is -2.27. The number of fused-ring (bicyclic) bond motifs is 2. The van der Waals surface area contributed by atoms with Crippen LogP contribution in [0.1, 0.15) is 52.0 Å². The van der Waals surface area contributed by atoms with Gasteiger partial charge in [-0.2, -0.15) is 0 Å². The minimum atomic E-state index is -0.614. The molecular formula is C31H34O5. The summed E-state index contributed by atoms with van der Waals surface area (Å²) in [5.41, 5.74) is 8.09. The van der Waals surface area contributed by atoms with Gasteiger partial charge in [0.25, 0.3) is 0 Å². The Morgan fingerprint density at radius 2 is 1.47 bits per heavy atom. The second-order valence-corrected chi connectivity index (χ2v) is 9.02. The lowest BCUT2D eigenvalue weighted by molar-refractivity contribution is -0.154. The van der Waals surface area contributed by atoms with E-state index >= 15 is 0 Å². The van der Waals surface area contributed by atoms with Crippen LogP contribution in [0.3, 0.4) is 0 Å². The summed E-state index contributed by atoms with van der Waals surface area (Å²) in [6.07, 6.45) is 4.01. The Morgan fingerprint density at radius 1 is 0.861 bits per heavy atom. The van der Waals surface area contributed by atoms with Crippen LogP contribution in [0.5, 0.6) is 5.75 Å². The Balaban J connectivity index is 1.39. The molecule has 1 unspecified atom stereocenters. The zero-order valence-electron chi connectivity index (χ0n) is 21.5. The van der Waals surface area contributed by atoms with Gasteiger partial charge in [-0.15, -0.1) is 0 Å². The van der Waals surface area contributed by atoms with E-state index in [0.29, 0.717) is 26.2 Å². The Kier molecular flexibility index (Phi) is 8.57. The van der Waals surface area contributed by atoms with Crippen LogP contribution in [0.25, 0.3) is 12.2 Å². The summed E-state index contributed by atoms with van der Waals surface area (Å²) in [4.78, 5) is 12.0. The number of aryl methyl sites for hydroxylation is 2. The maximum Gasteiger partial charge on any atom is 0.335 e. The first-order valence-corrected chi connectivity index (χ1v) is 12.4. The van der Waals surface area contributed by atoms with Gasteiger partial charge in [-0.05, 0) is 60.7 Å². The zero-order chi connectivity index (χ0) is 25.5. The van der Waals surface area contributed by atoms with E-state index in [0.717, 1.165) is 11.3 Å². The molecule has 3 aromatic carbocycles. The lowest BCUT2D eigenvalue weighted by Gasteiger charge is -2.22. The van der Waals surface area contributed by atoms with Crippen molar-refractivity contribution < 1.29 is 23.7 Å². The molecule has 36 heavy (non-hydrogen) atoms. The van der Waals surface area contributed by atoms with Gasteiger partial charge >= 0.3 is 5.97 Å². The molecule has 0 spiro atoms. The number of hydrogen-bond donors (Lipinski definition) is 0. The van der Waals surface area contributed by atoms with Crippen molar-refractivity contribution in [3.63, 3.8) is 0 Å². The Labute approximate surface area is 213 Å². The number of hydrogen-bond acceptors (Lipinski definition) is 5. The van der Waals surface area contributed by atoms with Crippen molar-refractivity contribution in [1.82, 2.24) is 0 Å². The normalized spacial score (nSPS) is 13.4. The smallest absolute Gasteiger partial charge is 0.335 e. The summed E-state index contributed by atoms with van der Waals surface area (Å²) >= 11 is 0. The summed E-state index contributed by atoms with van der Waals surface area (Å²) < 4.78 is 22.8. The van der Waals surface area contributed by atoms with Crippen molar-refractivity contribution in [2.75, 3.05) is 26.9 Å². The number of carbonyl (C=O) groups excluding carboxylic acids is 1. The van der Waals surface area contributed by atoms with Gasteiger partial charge < -0.3 is 18.9 Å². The van der Waals surface area contributed by atoms with Crippen molar-refractivity contribution in [3.05, 3.63) is 99.6 Å². The number of rotatable bonds is 10. The van der Waals surface area contributed by atoms with E-state index < -0.39 is 6.10 Å². The Hall–Kier alpha value is -3.41. The Bertz CT molecular complexity index is 1160. The number of esters is 1. The van der Waals surface area contributed by atoms with Gasteiger partial charge in [0.1, 0.15) is 18.5 Å². The molecule has 0 radical (unpaired) electrons. The van der Waals surface area contributed by atoms with Crippen LogP contribution in [0.2, 0.25) is 0 Å². The summed E-state index contributed by atoms with van der Waals surface area (Å²) in [7, 11) is 1.52. The van der Waals surface area contributed by atoms with E-state index in [4.69, 9.17) is 18.9 Å². The van der Waals surface area contributed by atoms with Crippen molar-refractivity contribution in [3.8, 4) is 5.75 Å². The molecule has 0 fully saturated rings. The van der Waals surface area contributed by atoms with Crippen LogP contribution in [0.4, 0.5) is 0 Å². The molecule has 188 valence electrons. The molecule has 0 saturated heterocycles. The molecule has 0 saturated carbocycles. The van der Waals surface area contributed by atoms with Crippen LogP contribution in [0, 0.1) is 13.8 Å². The molecule has 5 nitrogen and oxygen atoms in total. The minimum absolute atomic E-state index is 0.162. The van der Waals surface area contributed by atoms with Gasteiger partial charge in [0, 0.05) is 13.5 Å². The molecule has 1 atom stereocenters. The first-order chi connectivity index (χ1) is 17.5. The van der Waals surface area contributed by atoms with Crippen molar-refractivity contribution in [2.24, 2.45) is 0 Å². The highest BCUT2D eigenvalue weighted by molar-refractivity contribution is 5.76. The monoisotopic (exact) mass is 486 g/mol. The highest BCUT2D eigenvalue weighted by Crippen LogP contribution is 2.36. The SMILES string of the molecule is CCOC(=O)C(Cc1ccc(OCCOC2c3cc(C)ccc3C=Cc3ccc(C)cc32)cc1)OC. The predicted octanol–water partition coefficient (Wildman–Crippen LogP) is 6.09. The second kappa shape index (κ2) is 12.0. The van der Waals surface area contributed by atoms with E-state index in [1.165, 1.54) is 40.5 Å². The summed E-state index contributed by atoms with van der Waals surface area (Å²) in [5.74, 6) is 0.405. The minimum Gasteiger partial charge on any atom is -0.491 e. The van der Waals surface area contributed by atoms with Gasteiger partial charge in [-0.25, -0.2) is 4.79 Å². The van der Waals surface area contributed by atoms with E-state index in [-0.39, 0.29) is 12.1 Å². The average Bonchev–Trinajstić information content (AvgIpc) is 3.02. The molecular weight excluding hydrogens is 452 g/mol. The number of methoxy groups -OCH3 is 1. The van der Waals surface area contributed by atoms with Gasteiger partial charge in [-0.3, -0.25) is 0 Å². The number of ether oxygens (including phenoxy) is 4. The highest BCUT2D eigenvalue weighted by atomic mass is 16.6. The van der Waals surface area contributed by atoms with Crippen LogP contribution in [-0.4, -0.2) is 39.0 Å². The van der Waals surface area contributed by atoms with Gasteiger partial charge in [0.05, 0.1) is 13.2 Å². The quantitative estimate of drug-likeness (QED) is 0.256. The molecule has 0 bridgehead atoms. The van der Waals surface area contributed by atoms with Crippen molar-refractivity contribution >= 4 is 18.1 Å². The van der Waals surface area contributed by atoms with E-state index in [2.05, 4.69) is 62.4 Å². The van der Waals surface area contributed by atoms with Crippen LogP contribution >= 0.6 is 0 Å². The largest absolute Gasteiger partial charge is 0.491 e. The third kappa shape index (κ3) is 6.23. The fraction of sp³-hybridized carbons (Fsp3) is 0.323. The fourth-order valence-electron chi connectivity index (χ4n) is 4.43. The van der Waals surface area contributed by atoms with Gasteiger partial charge in [0.15, 0.2) is 6.10 Å². The predicted molar refractivity (Wildman–Crippen MR) is 142 cm³/mol. The molecule has 0 amide bonds. The third-order valence-electron chi connectivity index (χ3n) is 6.31. The molecule has 0 aromatic heterocycles. The summed E-state index contributed by atoms with van der Waals surface area (Å²) in [5, 5.41) is 0. The number of benzene rings is 3. The first kappa shape index (κ1) is 25.7. The molecule has 1 aliphatic rings. The van der Waals surface area contributed by atoms with Crippen LogP contribution in [0.15, 0.2) is 60.7 Å². The second-order valence-electron chi connectivity index (χ2n) is 9.02. The third-order valence-corrected chi connectivity index (χ3v) is 6.31. The molecule has 0 heterocycles. The molecule has 5 heteroatoms. The maximum absolute atomic E-state index is 12.0. The molecule has 1 aliphatic carbocycles. The number of carbonyl (C=O) groups is 1. The molecule has 0 N–H and O–H groups in total.